The average molecular weight is 328 g/mol. The van der Waals surface area contributed by atoms with Gasteiger partial charge in [0, 0.05) is 12.2 Å². The molecule has 128 valence electrons. The maximum Gasteiger partial charge on any atom is 0.339 e. The van der Waals surface area contributed by atoms with Gasteiger partial charge in [-0.25, -0.2) is 4.79 Å². The fraction of sp³-hybridized carbons (Fsp3) is 0.368. The van der Waals surface area contributed by atoms with Crippen LogP contribution in [0.5, 0.6) is 0 Å². The Labute approximate surface area is 142 Å². The number of Topliss-reactive ketones (excluding diaryl/α,β-unsaturated/α-hetero) is 1. The van der Waals surface area contributed by atoms with E-state index in [1.807, 2.05) is 18.9 Å². The number of rotatable bonds is 6. The quantitative estimate of drug-likeness (QED) is 0.654. The van der Waals surface area contributed by atoms with Crippen molar-refractivity contribution >= 4 is 11.8 Å². The first-order chi connectivity index (χ1) is 11.3. The Morgan fingerprint density at radius 1 is 1.12 bits per heavy atom. The van der Waals surface area contributed by atoms with Crippen LogP contribution in [0, 0.1) is 20.8 Å². The second-order valence-corrected chi connectivity index (χ2v) is 6.20. The smallest absolute Gasteiger partial charge is 0.339 e. The maximum absolute atomic E-state index is 12.6. The van der Waals surface area contributed by atoms with Crippen molar-refractivity contribution in [3.8, 4) is 0 Å². The minimum Gasteiger partial charge on any atom is -0.465 e. The first-order valence-electron chi connectivity index (χ1n) is 7.88. The third-order valence-electron chi connectivity index (χ3n) is 4.09. The van der Waals surface area contributed by atoms with Crippen LogP contribution in [0.4, 0.5) is 0 Å². The molecule has 24 heavy (non-hydrogen) atoms. The van der Waals surface area contributed by atoms with Gasteiger partial charge in [0.15, 0.2) is 5.78 Å². The Hall–Kier alpha value is -2.40. The third-order valence-corrected chi connectivity index (χ3v) is 4.09. The number of ketones is 1. The summed E-state index contributed by atoms with van der Waals surface area (Å²) < 4.78 is 4.78. The lowest BCUT2D eigenvalue weighted by Crippen LogP contribution is -2.26. The zero-order valence-corrected chi connectivity index (χ0v) is 14.9. The Bertz CT molecular complexity index is 745. The molecule has 2 rings (SSSR count). The van der Waals surface area contributed by atoms with E-state index >= 15 is 0 Å². The zero-order chi connectivity index (χ0) is 17.9. The van der Waals surface area contributed by atoms with Crippen LogP contribution in [0.1, 0.15) is 43.2 Å². The first-order valence-corrected chi connectivity index (χ1v) is 7.88. The van der Waals surface area contributed by atoms with Crippen LogP contribution in [0.3, 0.4) is 0 Å². The highest BCUT2D eigenvalue weighted by molar-refractivity contribution is 6.02. The Kier molecular flexibility index (Phi) is 5.57. The fourth-order valence-electron chi connectivity index (χ4n) is 2.82. The van der Waals surface area contributed by atoms with E-state index in [9.17, 15) is 9.59 Å². The highest BCUT2D eigenvalue weighted by atomic mass is 16.5. The molecule has 0 radical (unpaired) electrons. The molecule has 0 aliphatic heterocycles. The summed E-state index contributed by atoms with van der Waals surface area (Å²) in [6.45, 7) is 6.55. The number of hydrogen-bond acceptors (Lipinski definition) is 4. The van der Waals surface area contributed by atoms with Gasteiger partial charge in [-0.3, -0.25) is 9.69 Å². The molecule has 0 bridgehead atoms. The summed E-state index contributed by atoms with van der Waals surface area (Å²) in [5.74, 6) is -0.464. The summed E-state index contributed by atoms with van der Waals surface area (Å²) in [5, 5.41) is 0. The number of esters is 1. The van der Waals surface area contributed by atoms with Gasteiger partial charge >= 0.3 is 5.97 Å². The van der Waals surface area contributed by atoms with E-state index < -0.39 is 5.97 Å². The topological polar surface area (TPSA) is 62.4 Å². The molecule has 5 nitrogen and oxygen atoms in total. The molecule has 1 aromatic heterocycles. The van der Waals surface area contributed by atoms with Crippen LogP contribution in [0.2, 0.25) is 0 Å². The molecule has 0 amide bonds. The molecule has 0 saturated heterocycles. The largest absolute Gasteiger partial charge is 0.465 e. The van der Waals surface area contributed by atoms with E-state index in [2.05, 4.69) is 29.2 Å². The summed E-state index contributed by atoms with van der Waals surface area (Å²) in [7, 11) is 3.25. The number of nitrogens with one attached hydrogen (secondary N) is 1. The van der Waals surface area contributed by atoms with Crippen molar-refractivity contribution < 1.29 is 14.3 Å². The van der Waals surface area contributed by atoms with Crippen LogP contribution in [0.25, 0.3) is 0 Å². The van der Waals surface area contributed by atoms with Gasteiger partial charge in [-0.15, -0.1) is 0 Å². The summed E-state index contributed by atoms with van der Waals surface area (Å²) in [6.07, 6.45) is 0. The molecular formula is C19H24N2O3. The molecule has 1 heterocycles. The number of aromatic amines is 1. The van der Waals surface area contributed by atoms with E-state index in [0.29, 0.717) is 29.1 Å². The molecule has 0 spiro atoms. The standard InChI is InChI=1S/C19H24N2O3/c1-12-6-8-15(9-7-12)10-21(4)11-16(22)18-13(2)17(14(3)20-18)19(23)24-5/h6-9,20H,10-11H2,1-5H3. The predicted molar refractivity (Wildman–Crippen MR) is 93.4 cm³/mol. The molecule has 0 aliphatic rings. The number of hydrogen-bond donors (Lipinski definition) is 1. The van der Waals surface area contributed by atoms with Gasteiger partial charge in [-0.1, -0.05) is 29.8 Å². The van der Waals surface area contributed by atoms with Crippen molar-refractivity contribution in [2.75, 3.05) is 20.7 Å². The van der Waals surface area contributed by atoms with Gasteiger partial charge in [0.2, 0.25) is 0 Å². The number of ether oxygens (including phenoxy) is 1. The number of aromatic nitrogens is 1. The van der Waals surface area contributed by atoms with Gasteiger partial charge in [-0.2, -0.15) is 0 Å². The number of methoxy groups -OCH3 is 1. The highest BCUT2D eigenvalue weighted by Crippen LogP contribution is 2.19. The lowest BCUT2D eigenvalue weighted by Gasteiger charge is -2.16. The molecular weight excluding hydrogens is 304 g/mol. The summed E-state index contributed by atoms with van der Waals surface area (Å²) in [5.41, 5.74) is 4.60. The Morgan fingerprint density at radius 2 is 1.75 bits per heavy atom. The molecule has 2 aromatic rings. The van der Waals surface area contributed by atoms with Gasteiger partial charge in [0.05, 0.1) is 24.9 Å². The van der Waals surface area contributed by atoms with Crippen LogP contribution in [0.15, 0.2) is 24.3 Å². The van der Waals surface area contributed by atoms with Crippen molar-refractivity contribution in [2.24, 2.45) is 0 Å². The average Bonchev–Trinajstić information content (AvgIpc) is 2.83. The second kappa shape index (κ2) is 7.45. The van der Waals surface area contributed by atoms with Crippen LogP contribution < -0.4 is 0 Å². The van der Waals surface area contributed by atoms with Crippen molar-refractivity contribution in [1.29, 1.82) is 0 Å². The minimum atomic E-state index is -0.423. The van der Waals surface area contributed by atoms with Crippen molar-refractivity contribution in [3.63, 3.8) is 0 Å². The Balaban J connectivity index is 2.09. The Morgan fingerprint density at radius 3 is 2.33 bits per heavy atom. The zero-order valence-electron chi connectivity index (χ0n) is 14.9. The third kappa shape index (κ3) is 3.92. The minimum absolute atomic E-state index is 0.0413. The van der Waals surface area contributed by atoms with Crippen molar-refractivity contribution in [1.82, 2.24) is 9.88 Å². The number of benzene rings is 1. The van der Waals surface area contributed by atoms with Crippen molar-refractivity contribution in [3.05, 3.63) is 57.9 Å². The molecule has 0 saturated carbocycles. The lowest BCUT2D eigenvalue weighted by molar-refractivity contribution is 0.0599. The summed E-state index contributed by atoms with van der Waals surface area (Å²) in [6, 6.07) is 8.25. The number of likely N-dealkylation sites (N-methyl/N-ethyl adjacent to an activating group) is 1. The first kappa shape index (κ1) is 17.9. The van der Waals surface area contributed by atoms with Gasteiger partial charge < -0.3 is 9.72 Å². The monoisotopic (exact) mass is 328 g/mol. The van der Waals surface area contributed by atoms with Gasteiger partial charge in [-0.05, 0) is 38.9 Å². The van der Waals surface area contributed by atoms with Gasteiger partial charge in [0.25, 0.3) is 0 Å². The summed E-state index contributed by atoms with van der Waals surface area (Å²) in [4.78, 5) is 29.4. The van der Waals surface area contributed by atoms with Crippen LogP contribution >= 0.6 is 0 Å². The maximum atomic E-state index is 12.6. The normalized spacial score (nSPS) is 10.9. The van der Waals surface area contributed by atoms with E-state index in [1.54, 1.807) is 13.8 Å². The number of carbonyl (C=O) groups excluding carboxylic acids is 2. The molecule has 0 atom stereocenters. The lowest BCUT2D eigenvalue weighted by atomic mass is 10.1. The van der Waals surface area contributed by atoms with Gasteiger partial charge in [0.1, 0.15) is 0 Å². The summed E-state index contributed by atoms with van der Waals surface area (Å²) >= 11 is 0. The molecule has 0 aliphatic carbocycles. The SMILES string of the molecule is COC(=O)c1c(C)[nH]c(C(=O)CN(C)Cc2ccc(C)cc2)c1C. The number of aryl methyl sites for hydroxylation is 2. The van der Waals surface area contributed by atoms with Crippen molar-refractivity contribution in [2.45, 2.75) is 27.3 Å². The number of H-pyrrole nitrogens is 1. The number of carbonyl (C=O) groups is 2. The van der Waals surface area contributed by atoms with Crippen LogP contribution in [-0.2, 0) is 11.3 Å². The highest BCUT2D eigenvalue weighted by Gasteiger charge is 2.22. The number of nitrogens with zero attached hydrogens (tertiary/aromatic N) is 1. The fourth-order valence-corrected chi connectivity index (χ4v) is 2.82. The van der Waals surface area contributed by atoms with E-state index in [4.69, 9.17) is 4.74 Å². The van der Waals surface area contributed by atoms with E-state index in [0.717, 1.165) is 5.56 Å². The molecule has 0 unspecified atom stereocenters. The molecule has 1 aromatic carbocycles. The molecule has 1 N–H and O–H groups in total. The molecule has 5 heteroatoms. The second-order valence-electron chi connectivity index (χ2n) is 6.20. The molecule has 0 fully saturated rings. The van der Waals surface area contributed by atoms with E-state index in [1.165, 1.54) is 12.7 Å². The predicted octanol–water partition coefficient (Wildman–Crippen LogP) is 3.04. The van der Waals surface area contributed by atoms with Crippen LogP contribution in [-0.4, -0.2) is 42.3 Å². The van der Waals surface area contributed by atoms with E-state index in [-0.39, 0.29) is 12.3 Å².